The predicted octanol–water partition coefficient (Wildman–Crippen LogP) is 3.25. The van der Waals surface area contributed by atoms with E-state index in [1.807, 2.05) is 43.6 Å². The summed E-state index contributed by atoms with van der Waals surface area (Å²) in [5, 5.41) is 15.5. The molecule has 0 fully saturated rings. The second kappa shape index (κ2) is 7.41. The lowest BCUT2D eigenvalue weighted by Gasteiger charge is -2.17. The van der Waals surface area contributed by atoms with E-state index in [0.717, 1.165) is 28.6 Å². The first-order valence-electron chi connectivity index (χ1n) is 6.58. The average molecular weight is 299 g/mol. The molecule has 1 aromatic heterocycles. The summed E-state index contributed by atoms with van der Waals surface area (Å²) in [6, 6.07) is 10.2. The molecule has 0 aliphatic heterocycles. The van der Waals surface area contributed by atoms with Crippen LogP contribution in [0.4, 0.5) is 10.8 Å². The molecule has 1 aromatic carbocycles. The van der Waals surface area contributed by atoms with Gasteiger partial charge in [0.2, 0.25) is 5.13 Å². The third-order valence-corrected chi connectivity index (χ3v) is 3.75. The van der Waals surface area contributed by atoms with Crippen LogP contribution in [-0.2, 0) is 0 Å². The summed E-state index contributed by atoms with van der Waals surface area (Å²) in [4.78, 5) is 6.32. The molecule has 0 saturated heterocycles. The first kappa shape index (κ1) is 15.0. The largest absolute Gasteiger partial charge is 0.374 e. The highest BCUT2D eigenvalue weighted by Crippen LogP contribution is 2.15. The zero-order valence-electron chi connectivity index (χ0n) is 12.1. The summed E-state index contributed by atoms with van der Waals surface area (Å²) in [5.41, 5.74) is 5.99. The van der Waals surface area contributed by atoms with Crippen molar-refractivity contribution in [1.29, 1.82) is 5.26 Å². The highest BCUT2D eigenvalue weighted by atomic mass is 32.1. The van der Waals surface area contributed by atoms with Gasteiger partial charge in [-0.15, -0.1) is 11.3 Å². The number of aryl methyl sites for hydroxylation is 1. The van der Waals surface area contributed by atoms with Gasteiger partial charge in [-0.1, -0.05) is 12.1 Å². The van der Waals surface area contributed by atoms with Gasteiger partial charge in [-0.05, 0) is 24.6 Å². The van der Waals surface area contributed by atoms with Crippen LogP contribution in [0.3, 0.4) is 0 Å². The van der Waals surface area contributed by atoms with Gasteiger partial charge < -0.3 is 4.90 Å². The minimum atomic E-state index is 0.525. The number of anilines is 2. The number of hydrogen-bond donors (Lipinski definition) is 1. The molecule has 0 saturated carbocycles. The first-order valence-corrected chi connectivity index (χ1v) is 7.46. The van der Waals surface area contributed by atoms with Gasteiger partial charge >= 0.3 is 0 Å². The third-order valence-electron chi connectivity index (χ3n) is 2.89. The fourth-order valence-corrected chi connectivity index (χ4v) is 2.37. The van der Waals surface area contributed by atoms with Crippen molar-refractivity contribution in [2.75, 3.05) is 23.9 Å². The van der Waals surface area contributed by atoms with Crippen LogP contribution in [0.15, 0.2) is 34.7 Å². The molecule has 1 heterocycles. The second-order valence-corrected chi connectivity index (χ2v) is 5.44. The Balaban J connectivity index is 1.91. The van der Waals surface area contributed by atoms with Crippen LogP contribution in [0.1, 0.15) is 17.7 Å². The van der Waals surface area contributed by atoms with Crippen LogP contribution in [-0.4, -0.2) is 24.8 Å². The average Bonchev–Trinajstić information content (AvgIpc) is 2.91. The van der Waals surface area contributed by atoms with E-state index in [1.165, 1.54) is 11.3 Å². The Morgan fingerprint density at radius 3 is 2.81 bits per heavy atom. The van der Waals surface area contributed by atoms with Gasteiger partial charge in [-0.25, -0.2) is 4.98 Å². The monoisotopic (exact) mass is 299 g/mol. The van der Waals surface area contributed by atoms with E-state index in [0.29, 0.717) is 6.42 Å². The summed E-state index contributed by atoms with van der Waals surface area (Å²) in [7, 11) is 1.98. The molecule has 21 heavy (non-hydrogen) atoms. The van der Waals surface area contributed by atoms with Gasteiger partial charge in [0.15, 0.2) is 0 Å². The van der Waals surface area contributed by atoms with Crippen LogP contribution < -0.4 is 10.3 Å². The number of aromatic nitrogens is 1. The van der Waals surface area contributed by atoms with Crippen molar-refractivity contribution < 1.29 is 0 Å². The van der Waals surface area contributed by atoms with Crippen LogP contribution in [0.2, 0.25) is 0 Å². The van der Waals surface area contributed by atoms with E-state index in [4.69, 9.17) is 5.26 Å². The molecule has 5 nitrogen and oxygen atoms in total. The van der Waals surface area contributed by atoms with Gasteiger partial charge in [-0.3, -0.25) is 5.43 Å². The number of rotatable bonds is 6. The van der Waals surface area contributed by atoms with Crippen LogP contribution in [0.5, 0.6) is 0 Å². The van der Waals surface area contributed by atoms with Gasteiger partial charge in [0.1, 0.15) is 0 Å². The minimum absolute atomic E-state index is 0.525. The summed E-state index contributed by atoms with van der Waals surface area (Å²) < 4.78 is 0. The maximum atomic E-state index is 8.59. The van der Waals surface area contributed by atoms with Gasteiger partial charge in [0.25, 0.3) is 0 Å². The Hall–Kier alpha value is -2.39. The van der Waals surface area contributed by atoms with Crippen molar-refractivity contribution in [1.82, 2.24) is 4.98 Å². The van der Waals surface area contributed by atoms with Gasteiger partial charge in [-0.2, -0.15) is 10.4 Å². The van der Waals surface area contributed by atoms with Crippen molar-refractivity contribution in [3.05, 3.63) is 40.9 Å². The fourth-order valence-electron chi connectivity index (χ4n) is 1.73. The van der Waals surface area contributed by atoms with Crippen LogP contribution in [0.25, 0.3) is 0 Å². The van der Waals surface area contributed by atoms with Crippen molar-refractivity contribution in [3.8, 4) is 6.07 Å². The first-order chi connectivity index (χ1) is 10.2. The van der Waals surface area contributed by atoms with E-state index < -0.39 is 0 Å². The molecule has 0 aliphatic carbocycles. The van der Waals surface area contributed by atoms with Crippen molar-refractivity contribution >= 4 is 28.4 Å². The van der Waals surface area contributed by atoms with Crippen molar-refractivity contribution in [2.24, 2.45) is 5.10 Å². The number of thiazole rings is 1. The molecule has 0 amide bonds. The maximum Gasteiger partial charge on any atom is 0.203 e. The molecular formula is C15H17N5S. The normalized spacial score (nSPS) is 10.5. The number of nitrogens with one attached hydrogen (secondary N) is 1. The highest BCUT2D eigenvalue weighted by Gasteiger charge is 2.00. The number of benzene rings is 1. The summed E-state index contributed by atoms with van der Waals surface area (Å²) in [6.07, 6.45) is 2.28. The molecular weight excluding hydrogens is 282 g/mol. The molecule has 2 aromatic rings. The molecule has 0 radical (unpaired) electrons. The van der Waals surface area contributed by atoms with E-state index >= 15 is 0 Å². The van der Waals surface area contributed by atoms with E-state index in [9.17, 15) is 0 Å². The topological polar surface area (TPSA) is 64.3 Å². The summed E-state index contributed by atoms with van der Waals surface area (Å²) in [6.45, 7) is 2.68. The Morgan fingerprint density at radius 1 is 1.43 bits per heavy atom. The molecule has 0 spiro atoms. The summed E-state index contributed by atoms with van der Waals surface area (Å²) >= 11 is 1.53. The second-order valence-electron chi connectivity index (χ2n) is 4.59. The van der Waals surface area contributed by atoms with Gasteiger partial charge in [0.05, 0.1) is 24.4 Å². The quantitative estimate of drug-likeness (QED) is 0.657. The zero-order chi connectivity index (χ0) is 15.1. The molecule has 0 unspecified atom stereocenters. The minimum Gasteiger partial charge on any atom is -0.374 e. The predicted molar refractivity (Wildman–Crippen MR) is 88.0 cm³/mol. The molecule has 108 valence electrons. The van der Waals surface area contributed by atoms with E-state index in [-0.39, 0.29) is 0 Å². The number of hydrazone groups is 1. The zero-order valence-corrected chi connectivity index (χ0v) is 12.9. The standard InChI is InChI=1S/C15H17N5S/c1-12-11-21-15(18-12)19-17-10-13-4-6-14(7-5-13)20(2)9-3-8-16/h4-7,10-11H,3,9H2,1-2H3,(H,18,19). The lowest BCUT2D eigenvalue weighted by molar-refractivity contribution is 0.905. The Morgan fingerprint density at radius 2 is 2.19 bits per heavy atom. The molecule has 6 heteroatoms. The van der Waals surface area contributed by atoms with Crippen LogP contribution >= 0.6 is 11.3 Å². The highest BCUT2D eigenvalue weighted by molar-refractivity contribution is 7.13. The lowest BCUT2D eigenvalue weighted by Crippen LogP contribution is -2.17. The SMILES string of the molecule is Cc1csc(NN=Cc2ccc(N(C)CCC#N)cc2)n1. The Labute approximate surface area is 128 Å². The molecule has 0 aliphatic rings. The maximum absolute atomic E-state index is 8.59. The van der Waals surface area contributed by atoms with E-state index in [2.05, 4.69) is 26.5 Å². The van der Waals surface area contributed by atoms with Crippen LogP contribution in [0, 0.1) is 18.3 Å². The van der Waals surface area contributed by atoms with E-state index in [1.54, 1.807) is 6.21 Å². The van der Waals surface area contributed by atoms with Gasteiger partial charge in [0, 0.05) is 24.7 Å². The molecule has 0 atom stereocenters. The number of nitriles is 1. The van der Waals surface area contributed by atoms with Crippen molar-refractivity contribution in [3.63, 3.8) is 0 Å². The number of nitrogens with zero attached hydrogens (tertiary/aromatic N) is 4. The lowest BCUT2D eigenvalue weighted by atomic mass is 10.2. The molecule has 2 rings (SSSR count). The smallest absolute Gasteiger partial charge is 0.203 e. The molecule has 0 bridgehead atoms. The fraction of sp³-hybridized carbons (Fsp3) is 0.267. The Kier molecular flexibility index (Phi) is 5.29. The summed E-state index contributed by atoms with van der Waals surface area (Å²) in [5.74, 6) is 0. The van der Waals surface area contributed by atoms with Crippen molar-refractivity contribution in [2.45, 2.75) is 13.3 Å². The number of hydrogen-bond acceptors (Lipinski definition) is 6. The Bertz CT molecular complexity index is 639. The molecule has 1 N–H and O–H groups in total. The third kappa shape index (κ3) is 4.58.